The quantitative estimate of drug-likeness (QED) is 0.175. The molecule has 3 aliphatic rings. The maximum absolute atomic E-state index is 15.1. The van der Waals surface area contributed by atoms with E-state index in [2.05, 4.69) is 13.2 Å². The lowest BCUT2D eigenvalue weighted by Gasteiger charge is -2.40. The summed E-state index contributed by atoms with van der Waals surface area (Å²) in [6, 6.07) is 12.9. The summed E-state index contributed by atoms with van der Waals surface area (Å²) in [4.78, 5) is 62.4. The number of ether oxygens (including phenoxy) is 2. The van der Waals surface area contributed by atoms with Crippen molar-refractivity contribution in [2.45, 2.75) is 103 Å². The Bertz CT molecular complexity index is 1660. The van der Waals surface area contributed by atoms with Crippen LogP contribution in [0.3, 0.4) is 0 Å². The van der Waals surface area contributed by atoms with Gasteiger partial charge in [-0.2, -0.15) is 0 Å². The molecule has 3 aliphatic heterocycles. The third kappa shape index (κ3) is 7.20. The lowest BCUT2D eigenvalue weighted by molar-refractivity contribution is -0.165. The van der Waals surface area contributed by atoms with Crippen molar-refractivity contribution in [3.05, 3.63) is 90.5 Å². The molecule has 0 unspecified atom stereocenters. The van der Waals surface area contributed by atoms with Crippen molar-refractivity contribution in [2.24, 2.45) is 17.8 Å². The van der Waals surface area contributed by atoms with E-state index in [1.807, 2.05) is 83.1 Å². The number of likely N-dealkylation sites (tertiary alicyclic amines) is 1. The normalized spacial score (nSPS) is 25.0. The van der Waals surface area contributed by atoms with Crippen molar-refractivity contribution in [2.75, 3.05) is 25.1 Å². The number of hydrogen-bond acceptors (Lipinski definition) is 7. The number of carbonyl (C=O) groups excluding carboxylic acids is 4. The number of allylic oxidation sites excluding steroid dienone is 1. The van der Waals surface area contributed by atoms with Crippen molar-refractivity contribution < 1.29 is 33.8 Å². The molecule has 10 heteroatoms. The number of rotatable bonds is 16. The first-order valence-corrected chi connectivity index (χ1v) is 18.5. The molecule has 0 aliphatic carbocycles. The van der Waals surface area contributed by atoms with E-state index in [-0.39, 0.29) is 43.2 Å². The molecule has 2 aromatic rings. The lowest BCUT2D eigenvalue weighted by Crippen LogP contribution is -2.59. The number of aliphatic hydroxyl groups excluding tert-OH is 1. The molecular formula is C42H55N3O7. The maximum atomic E-state index is 15.1. The Kier molecular flexibility index (Phi) is 12.1. The van der Waals surface area contributed by atoms with Crippen LogP contribution in [0.4, 0.5) is 5.69 Å². The van der Waals surface area contributed by atoms with Gasteiger partial charge in [0, 0.05) is 25.7 Å². The van der Waals surface area contributed by atoms with E-state index in [9.17, 15) is 19.5 Å². The predicted octanol–water partition coefficient (Wildman–Crippen LogP) is 5.70. The second-order valence-corrected chi connectivity index (χ2v) is 15.1. The van der Waals surface area contributed by atoms with Gasteiger partial charge in [-0.1, -0.05) is 68.5 Å². The van der Waals surface area contributed by atoms with Crippen LogP contribution in [0.1, 0.15) is 75.7 Å². The fraction of sp³-hybridized carbons (Fsp3) is 0.524. The molecule has 0 radical (unpaired) electrons. The minimum absolute atomic E-state index is 0.109. The Morgan fingerprint density at radius 1 is 1.10 bits per heavy atom. The van der Waals surface area contributed by atoms with Gasteiger partial charge in [-0.3, -0.25) is 19.2 Å². The topological polar surface area (TPSA) is 117 Å². The molecule has 2 bridgehead atoms. The molecule has 1 N–H and O–H groups in total. The predicted molar refractivity (Wildman–Crippen MR) is 200 cm³/mol. The van der Waals surface area contributed by atoms with Gasteiger partial charge < -0.3 is 29.3 Å². The number of nitrogens with zero attached hydrogens (tertiary/aromatic N) is 3. The molecule has 3 fully saturated rings. The lowest BCUT2D eigenvalue weighted by atomic mass is 9.70. The largest absolute Gasteiger partial charge is 0.455 e. The molecule has 0 aromatic heterocycles. The van der Waals surface area contributed by atoms with E-state index >= 15 is 4.79 Å². The molecule has 3 heterocycles. The summed E-state index contributed by atoms with van der Waals surface area (Å²) in [5.74, 6) is -3.29. The van der Waals surface area contributed by atoms with E-state index < -0.39 is 53.7 Å². The molecule has 0 saturated carbocycles. The average Bonchev–Trinajstić information content (AvgIpc) is 3.78. The number of fused-ring (bicyclic) bond motifs is 1. The smallest absolute Gasteiger partial charge is 0.313 e. The van der Waals surface area contributed by atoms with E-state index in [0.29, 0.717) is 36.9 Å². The van der Waals surface area contributed by atoms with Crippen LogP contribution in [0.25, 0.3) is 0 Å². The number of amides is 3. The molecule has 3 amide bonds. The van der Waals surface area contributed by atoms with Crippen LogP contribution in [0.2, 0.25) is 0 Å². The average molecular weight is 714 g/mol. The van der Waals surface area contributed by atoms with Gasteiger partial charge in [0.25, 0.3) is 5.91 Å². The van der Waals surface area contributed by atoms with Crippen LogP contribution in [-0.2, 0) is 28.7 Å². The summed E-state index contributed by atoms with van der Waals surface area (Å²) in [5, 5.41) is 10.7. The van der Waals surface area contributed by atoms with Crippen LogP contribution >= 0.6 is 0 Å². The second kappa shape index (κ2) is 16.2. The second-order valence-electron chi connectivity index (χ2n) is 15.1. The zero-order chi connectivity index (χ0) is 37.9. The Hall–Kier alpha value is -4.28. The van der Waals surface area contributed by atoms with Gasteiger partial charge >= 0.3 is 5.97 Å². The van der Waals surface area contributed by atoms with Crippen LogP contribution in [0, 0.1) is 31.6 Å². The van der Waals surface area contributed by atoms with Crippen LogP contribution < -0.4 is 4.90 Å². The number of anilines is 1. The van der Waals surface area contributed by atoms with Crippen molar-refractivity contribution in [3.8, 4) is 0 Å². The summed E-state index contributed by atoms with van der Waals surface area (Å²) in [7, 11) is 1.69. The highest BCUT2D eigenvalue weighted by Crippen LogP contribution is 2.59. The number of esters is 1. The highest BCUT2D eigenvalue weighted by atomic mass is 16.6. The maximum Gasteiger partial charge on any atom is 0.313 e. The van der Waals surface area contributed by atoms with Gasteiger partial charge in [0.2, 0.25) is 11.8 Å². The molecule has 5 rings (SSSR count). The first-order chi connectivity index (χ1) is 24.8. The number of carbonyl (C=O) groups is 4. The van der Waals surface area contributed by atoms with Crippen LogP contribution in [0.5, 0.6) is 0 Å². The number of likely N-dealkylation sites (N-methyl/N-ethyl adjacent to an activating group) is 1. The van der Waals surface area contributed by atoms with E-state index in [4.69, 9.17) is 9.47 Å². The monoisotopic (exact) mass is 713 g/mol. The molecule has 8 atom stereocenters. The van der Waals surface area contributed by atoms with Crippen LogP contribution in [0.15, 0.2) is 73.8 Å². The minimum Gasteiger partial charge on any atom is -0.455 e. The van der Waals surface area contributed by atoms with Gasteiger partial charge in [-0.25, -0.2) is 0 Å². The Balaban J connectivity index is 1.55. The first kappa shape index (κ1) is 38.9. The number of aliphatic hydroxyl groups is 1. The third-order valence-electron chi connectivity index (χ3n) is 11.2. The van der Waals surface area contributed by atoms with Gasteiger partial charge in [-0.15, -0.1) is 13.2 Å². The van der Waals surface area contributed by atoms with Crippen LogP contribution in [-0.4, -0.2) is 88.6 Å². The van der Waals surface area contributed by atoms with E-state index in [1.165, 1.54) is 4.90 Å². The zero-order valence-corrected chi connectivity index (χ0v) is 31.5. The number of benzene rings is 2. The van der Waals surface area contributed by atoms with Gasteiger partial charge in [0.05, 0.1) is 36.6 Å². The number of hydrogen-bond donors (Lipinski definition) is 1. The standard InChI is InChI=1S/C42H55N3O7/c1-9-11-17-34(47)43(8)29(7)37(30-15-13-12-14-16-30)51-41(50)35-33-20-21-42(52-33)36(35)39(48)45(31(25-46)23-26(3)4)38(42)40(49)44(22-10-2)32-24-27(5)18-19-28(32)6/h9-10,12-16,18-19,24,26,29,31,33,35-38,46H,1-2,11,17,20-23,25H2,3-8H3/t29-,31+,33-,35+,36+,37+,38-,42+/m0/s1. The SMILES string of the molecule is C=CCCC(=O)N(C)[C@@H](C)[C@@H](OC(=O)[C@@H]1[C@@H]2CC[C@]3(O2)[C@H](C(=O)N(CC=C)c2cc(C)ccc2C)N([C@@H](CO)CC(C)C)C(=O)[C@@H]13)c1ccccc1. The minimum atomic E-state index is -1.30. The highest BCUT2D eigenvalue weighted by Gasteiger charge is 2.76. The zero-order valence-electron chi connectivity index (χ0n) is 31.5. The fourth-order valence-corrected chi connectivity index (χ4v) is 8.57. The van der Waals surface area contributed by atoms with Crippen molar-refractivity contribution in [1.82, 2.24) is 9.80 Å². The summed E-state index contributed by atoms with van der Waals surface area (Å²) in [6.07, 6.45) is 4.00. The summed E-state index contributed by atoms with van der Waals surface area (Å²) < 4.78 is 13.1. The molecular weight excluding hydrogens is 658 g/mol. The molecule has 52 heavy (non-hydrogen) atoms. The summed E-state index contributed by atoms with van der Waals surface area (Å²) in [6.45, 7) is 17.2. The highest BCUT2D eigenvalue weighted by molar-refractivity contribution is 6.05. The fourth-order valence-electron chi connectivity index (χ4n) is 8.57. The Morgan fingerprint density at radius 3 is 2.44 bits per heavy atom. The molecule has 3 saturated heterocycles. The van der Waals surface area contributed by atoms with Crippen molar-refractivity contribution >= 4 is 29.4 Å². The first-order valence-electron chi connectivity index (χ1n) is 18.5. The van der Waals surface area contributed by atoms with E-state index in [1.54, 1.807) is 29.0 Å². The number of aryl methyl sites for hydroxylation is 2. The van der Waals surface area contributed by atoms with E-state index in [0.717, 1.165) is 11.1 Å². The Morgan fingerprint density at radius 2 is 1.81 bits per heavy atom. The summed E-state index contributed by atoms with van der Waals surface area (Å²) in [5.41, 5.74) is 1.98. The van der Waals surface area contributed by atoms with Gasteiger partial charge in [0.1, 0.15) is 17.7 Å². The third-order valence-corrected chi connectivity index (χ3v) is 11.2. The van der Waals surface area contributed by atoms with Gasteiger partial charge in [0.15, 0.2) is 0 Å². The van der Waals surface area contributed by atoms with Crippen molar-refractivity contribution in [3.63, 3.8) is 0 Å². The molecule has 2 aromatic carbocycles. The molecule has 1 spiro atoms. The molecule has 280 valence electrons. The Labute approximate surface area is 308 Å². The molecule has 10 nitrogen and oxygen atoms in total. The summed E-state index contributed by atoms with van der Waals surface area (Å²) >= 11 is 0. The van der Waals surface area contributed by atoms with Gasteiger partial charge in [-0.05, 0) is 75.1 Å². The van der Waals surface area contributed by atoms with Crippen molar-refractivity contribution in [1.29, 1.82) is 0 Å².